The van der Waals surface area contributed by atoms with Gasteiger partial charge in [-0.3, -0.25) is 4.68 Å². The van der Waals surface area contributed by atoms with Crippen LogP contribution in [0.5, 0.6) is 0 Å². The third-order valence-corrected chi connectivity index (χ3v) is 5.10. The largest absolute Gasteiger partial charge is 0.355 e. The lowest BCUT2D eigenvalue weighted by atomic mass is 10.1. The molecule has 0 spiro atoms. The average Bonchev–Trinajstić information content (AvgIpc) is 3.15. The number of pyridine rings is 1. The van der Waals surface area contributed by atoms with E-state index in [9.17, 15) is 0 Å². The minimum atomic E-state index is 0.839. The van der Waals surface area contributed by atoms with Crippen LogP contribution in [0.2, 0.25) is 0 Å². The second-order valence-corrected chi connectivity index (χ2v) is 7.17. The maximum atomic E-state index is 7.74. The fraction of sp³-hybridized carbons (Fsp3) is 0.286. The molecule has 0 amide bonds. The van der Waals surface area contributed by atoms with Gasteiger partial charge in [-0.2, -0.15) is 5.10 Å². The molecule has 3 heterocycles. The lowest BCUT2D eigenvalue weighted by molar-refractivity contribution is 0.312. The van der Waals surface area contributed by atoms with Gasteiger partial charge in [0.05, 0.1) is 6.20 Å². The van der Waals surface area contributed by atoms with Gasteiger partial charge in [0.1, 0.15) is 5.82 Å². The third-order valence-electron chi connectivity index (χ3n) is 5.10. The quantitative estimate of drug-likeness (QED) is 0.671. The van der Waals surface area contributed by atoms with E-state index in [1.54, 1.807) is 4.68 Å². The average molecular weight is 375 g/mol. The van der Waals surface area contributed by atoms with Gasteiger partial charge >= 0.3 is 0 Å². The first-order chi connectivity index (χ1) is 13.6. The highest BCUT2D eigenvalue weighted by molar-refractivity contribution is 5.89. The summed E-state index contributed by atoms with van der Waals surface area (Å²) in [6.45, 7) is 4.05. The molecule has 0 saturated carbocycles. The molecule has 1 fully saturated rings. The van der Waals surface area contributed by atoms with E-state index in [4.69, 9.17) is 5.41 Å². The van der Waals surface area contributed by atoms with Crippen molar-refractivity contribution in [3.05, 3.63) is 54.5 Å². The molecule has 0 bridgehead atoms. The van der Waals surface area contributed by atoms with Gasteiger partial charge in [-0.05, 0) is 24.7 Å². The van der Waals surface area contributed by atoms with Gasteiger partial charge in [0.25, 0.3) is 0 Å². The van der Waals surface area contributed by atoms with Crippen LogP contribution in [0.15, 0.2) is 48.9 Å². The summed E-state index contributed by atoms with van der Waals surface area (Å²) >= 11 is 0. The van der Waals surface area contributed by atoms with Gasteiger partial charge in [-0.1, -0.05) is 12.1 Å². The van der Waals surface area contributed by atoms with E-state index in [0.717, 1.165) is 60.1 Å². The molecular formula is C21H25N7. The molecule has 144 valence electrons. The van der Waals surface area contributed by atoms with E-state index in [1.165, 1.54) is 6.21 Å². The van der Waals surface area contributed by atoms with Crippen molar-refractivity contribution in [2.75, 3.05) is 43.4 Å². The predicted octanol–water partition coefficient (Wildman–Crippen LogP) is 2.98. The first-order valence-corrected chi connectivity index (χ1v) is 9.42. The summed E-state index contributed by atoms with van der Waals surface area (Å²) in [6, 6.07) is 10.1. The molecule has 0 unspecified atom stereocenters. The number of anilines is 3. The maximum absolute atomic E-state index is 7.74. The minimum absolute atomic E-state index is 0.839. The molecule has 4 rings (SSSR count). The van der Waals surface area contributed by atoms with E-state index in [2.05, 4.69) is 44.4 Å². The molecule has 1 aliphatic rings. The van der Waals surface area contributed by atoms with Crippen LogP contribution in [-0.4, -0.2) is 59.1 Å². The van der Waals surface area contributed by atoms with E-state index in [-0.39, 0.29) is 0 Å². The minimum Gasteiger partial charge on any atom is -0.355 e. The summed E-state index contributed by atoms with van der Waals surface area (Å²) in [6.07, 6.45) is 7.05. The Kier molecular flexibility index (Phi) is 5.08. The number of benzene rings is 1. The van der Waals surface area contributed by atoms with E-state index >= 15 is 0 Å². The number of nitrogens with one attached hydrogen (secondary N) is 2. The van der Waals surface area contributed by atoms with Crippen LogP contribution in [0, 0.1) is 5.41 Å². The second-order valence-electron chi connectivity index (χ2n) is 7.17. The van der Waals surface area contributed by atoms with Crippen LogP contribution < -0.4 is 10.2 Å². The molecule has 7 heteroatoms. The van der Waals surface area contributed by atoms with Crippen LogP contribution in [0.3, 0.4) is 0 Å². The molecule has 0 radical (unpaired) electrons. The second kappa shape index (κ2) is 7.82. The molecule has 1 aliphatic heterocycles. The van der Waals surface area contributed by atoms with Crippen LogP contribution in [-0.2, 0) is 7.05 Å². The van der Waals surface area contributed by atoms with Crippen molar-refractivity contribution in [2.45, 2.75) is 0 Å². The standard InChI is InChI=1S/C21H25N7/c1-26-7-9-28(10-8-26)21-12-19(5-6-23-21)25-20-11-16(3-4-17(20)13-22)18-14-24-27(2)15-18/h3-6,11-15,22H,7-10H2,1-2H3,(H,23,25). The predicted molar refractivity (Wildman–Crippen MR) is 114 cm³/mol. The van der Waals surface area contributed by atoms with Crippen molar-refractivity contribution in [3.63, 3.8) is 0 Å². The van der Waals surface area contributed by atoms with Gasteiger partial charge in [-0.15, -0.1) is 0 Å². The molecule has 1 saturated heterocycles. The van der Waals surface area contributed by atoms with Gasteiger partial charge < -0.3 is 20.5 Å². The fourth-order valence-electron chi connectivity index (χ4n) is 3.40. The van der Waals surface area contributed by atoms with E-state index in [1.807, 2.05) is 43.8 Å². The topological polar surface area (TPSA) is 73.1 Å². The normalized spacial score (nSPS) is 14.9. The smallest absolute Gasteiger partial charge is 0.130 e. The first-order valence-electron chi connectivity index (χ1n) is 9.42. The Morgan fingerprint density at radius 1 is 1.04 bits per heavy atom. The Morgan fingerprint density at radius 3 is 2.57 bits per heavy atom. The Balaban J connectivity index is 1.60. The molecule has 2 aromatic heterocycles. The molecule has 2 N–H and O–H groups in total. The lowest BCUT2D eigenvalue weighted by Gasteiger charge is -2.33. The van der Waals surface area contributed by atoms with Crippen LogP contribution in [0.4, 0.5) is 17.2 Å². The molecule has 7 nitrogen and oxygen atoms in total. The van der Waals surface area contributed by atoms with Crippen molar-refractivity contribution < 1.29 is 0 Å². The highest BCUT2D eigenvalue weighted by Gasteiger charge is 2.15. The summed E-state index contributed by atoms with van der Waals surface area (Å²) in [5.41, 5.74) is 4.82. The lowest BCUT2D eigenvalue weighted by Crippen LogP contribution is -2.44. The highest BCUT2D eigenvalue weighted by atomic mass is 15.3. The molecule has 0 atom stereocenters. The van der Waals surface area contributed by atoms with Crippen molar-refractivity contribution in [1.82, 2.24) is 19.7 Å². The monoisotopic (exact) mass is 375 g/mol. The van der Waals surface area contributed by atoms with Crippen LogP contribution in [0.1, 0.15) is 5.56 Å². The molecule has 1 aromatic carbocycles. The zero-order valence-electron chi connectivity index (χ0n) is 16.3. The summed E-state index contributed by atoms with van der Waals surface area (Å²) in [4.78, 5) is 9.20. The number of aryl methyl sites for hydroxylation is 1. The fourth-order valence-corrected chi connectivity index (χ4v) is 3.40. The van der Waals surface area contributed by atoms with Crippen LogP contribution >= 0.6 is 0 Å². The SMILES string of the molecule is CN1CCN(c2cc(Nc3cc(-c4cnn(C)c4)ccc3C=N)ccn2)CC1. The molecular weight excluding hydrogens is 350 g/mol. The van der Waals surface area contributed by atoms with Gasteiger partial charge in [-0.25, -0.2) is 4.98 Å². The molecule has 3 aromatic rings. The Morgan fingerprint density at radius 2 is 1.86 bits per heavy atom. The summed E-state index contributed by atoms with van der Waals surface area (Å²) < 4.78 is 1.79. The Labute approximate surface area is 165 Å². The van der Waals surface area contributed by atoms with E-state index < -0.39 is 0 Å². The Hall–Kier alpha value is -3.19. The summed E-state index contributed by atoms with van der Waals surface area (Å²) in [5.74, 6) is 0.984. The number of nitrogens with zero attached hydrogens (tertiary/aromatic N) is 5. The number of rotatable bonds is 5. The first kappa shape index (κ1) is 18.2. The molecule has 28 heavy (non-hydrogen) atoms. The third kappa shape index (κ3) is 3.89. The van der Waals surface area contributed by atoms with Gasteiger partial charge in [0.15, 0.2) is 0 Å². The van der Waals surface area contributed by atoms with Gasteiger partial charge in [0.2, 0.25) is 0 Å². The van der Waals surface area contributed by atoms with Crippen LogP contribution in [0.25, 0.3) is 11.1 Å². The zero-order chi connectivity index (χ0) is 19.5. The van der Waals surface area contributed by atoms with Crippen molar-refractivity contribution >= 4 is 23.4 Å². The zero-order valence-corrected chi connectivity index (χ0v) is 16.3. The van der Waals surface area contributed by atoms with Gasteiger partial charge in [0, 0.05) is 80.4 Å². The van der Waals surface area contributed by atoms with Crippen molar-refractivity contribution in [3.8, 4) is 11.1 Å². The van der Waals surface area contributed by atoms with Crippen molar-refractivity contribution in [2.24, 2.45) is 7.05 Å². The summed E-state index contributed by atoms with van der Waals surface area (Å²) in [7, 11) is 4.06. The van der Waals surface area contributed by atoms with E-state index in [0.29, 0.717) is 0 Å². The number of hydrogen-bond acceptors (Lipinski definition) is 6. The number of hydrogen-bond donors (Lipinski definition) is 2. The highest BCUT2D eigenvalue weighted by Crippen LogP contribution is 2.28. The molecule has 0 aliphatic carbocycles. The maximum Gasteiger partial charge on any atom is 0.130 e. The number of aromatic nitrogens is 3. The number of piperazine rings is 1. The number of likely N-dealkylation sites (N-methyl/N-ethyl adjacent to an activating group) is 1. The van der Waals surface area contributed by atoms with Crippen molar-refractivity contribution in [1.29, 1.82) is 5.41 Å². The summed E-state index contributed by atoms with van der Waals surface area (Å²) in [5, 5.41) is 15.5. The Bertz CT molecular complexity index is 970.